The van der Waals surface area contributed by atoms with Crippen molar-refractivity contribution >= 4 is 17.8 Å². The Labute approximate surface area is 178 Å². The highest BCUT2D eigenvalue weighted by molar-refractivity contribution is 5.96. The van der Waals surface area contributed by atoms with E-state index in [1.54, 1.807) is 0 Å². The van der Waals surface area contributed by atoms with E-state index in [9.17, 15) is 19.5 Å². The lowest BCUT2D eigenvalue weighted by molar-refractivity contribution is -0.146. The molecular weight excluding hydrogens is 388 g/mol. The molecule has 4 N–H and O–H groups in total. The van der Waals surface area contributed by atoms with E-state index in [1.807, 2.05) is 12.2 Å². The summed E-state index contributed by atoms with van der Waals surface area (Å²) in [6, 6.07) is 0. The molecule has 2 saturated heterocycles. The third kappa shape index (κ3) is 7.72. The van der Waals surface area contributed by atoms with Crippen LogP contribution in [-0.2, 0) is 19.1 Å². The second-order valence-corrected chi connectivity index (χ2v) is 8.29. The third-order valence-corrected chi connectivity index (χ3v) is 6.02. The molecule has 0 saturated carbocycles. The first-order chi connectivity index (χ1) is 14.4. The molecule has 2 amide bonds. The van der Waals surface area contributed by atoms with E-state index in [4.69, 9.17) is 9.84 Å². The Morgan fingerprint density at radius 1 is 1.07 bits per heavy atom. The quantitative estimate of drug-likeness (QED) is 0.191. The van der Waals surface area contributed by atoms with Crippen molar-refractivity contribution in [3.8, 4) is 0 Å². The molecule has 2 rings (SSSR count). The van der Waals surface area contributed by atoms with Gasteiger partial charge in [0.25, 0.3) is 0 Å². The summed E-state index contributed by atoms with van der Waals surface area (Å²) in [4.78, 5) is 34.6. The van der Waals surface area contributed by atoms with Gasteiger partial charge in [-0.2, -0.15) is 0 Å². The number of fused-ring (bicyclic) bond motifs is 2. The Morgan fingerprint density at radius 3 is 2.47 bits per heavy atom. The fourth-order valence-corrected chi connectivity index (χ4v) is 4.33. The van der Waals surface area contributed by atoms with E-state index in [2.05, 4.69) is 17.6 Å². The van der Waals surface area contributed by atoms with Crippen LogP contribution >= 0.6 is 0 Å². The zero-order valence-electron chi connectivity index (χ0n) is 17.8. The van der Waals surface area contributed by atoms with Crippen molar-refractivity contribution in [2.24, 2.45) is 11.8 Å². The molecule has 8 nitrogen and oxygen atoms in total. The van der Waals surface area contributed by atoms with E-state index in [0.717, 1.165) is 38.5 Å². The maximum atomic E-state index is 12.1. The summed E-state index contributed by atoms with van der Waals surface area (Å²) in [5, 5.41) is 23.7. The zero-order chi connectivity index (χ0) is 21.9. The lowest BCUT2D eigenvalue weighted by Crippen LogP contribution is -2.39. The van der Waals surface area contributed by atoms with Gasteiger partial charge in [-0.3, -0.25) is 9.59 Å². The van der Waals surface area contributed by atoms with Crippen molar-refractivity contribution in [1.29, 1.82) is 0 Å². The SMILES string of the molecule is CCCCCNC(=O)CC(=O)NC[C@H]1C(CC=CCC[C@@H](O)C(=O)O)[C@H]2CC[C@@H]1O2. The molecular formula is C22H36N2O6. The average Bonchev–Trinajstić information content (AvgIpc) is 3.31. The summed E-state index contributed by atoms with van der Waals surface area (Å²) in [5.74, 6) is -1.18. The first-order valence-corrected chi connectivity index (χ1v) is 11.2. The van der Waals surface area contributed by atoms with Crippen LogP contribution in [-0.4, -0.2) is 59.4 Å². The highest BCUT2D eigenvalue weighted by Crippen LogP contribution is 2.44. The molecule has 2 bridgehead atoms. The summed E-state index contributed by atoms with van der Waals surface area (Å²) in [7, 11) is 0. The van der Waals surface area contributed by atoms with Gasteiger partial charge in [0.15, 0.2) is 6.10 Å². The fraction of sp³-hybridized carbons (Fsp3) is 0.773. The van der Waals surface area contributed by atoms with Gasteiger partial charge in [-0.25, -0.2) is 4.79 Å². The topological polar surface area (TPSA) is 125 Å². The van der Waals surface area contributed by atoms with Crippen LogP contribution in [0.3, 0.4) is 0 Å². The third-order valence-electron chi connectivity index (χ3n) is 6.02. The fourth-order valence-electron chi connectivity index (χ4n) is 4.33. The number of carbonyl (C=O) groups excluding carboxylic acids is 2. The molecule has 0 aliphatic carbocycles. The average molecular weight is 425 g/mol. The molecule has 0 aromatic rings. The summed E-state index contributed by atoms with van der Waals surface area (Å²) in [6.07, 6.45) is 9.35. The molecule has 2 heterocycles. The van der Waals surface area contributed by atoms with Crippen molar-refractivity contribution < 1.29 is 29.3 Å². The maximum absolute atomic E-state index is 12.1. The summed E-state index contributed by atoms with van der Waals surface area (Å²) in [6.45, 7) is 3.21. The van der Waals surface area contributed by atoms with Crippen LogP contribution in [0.5, 0.6) is 0 Å². The summed E-state index contributed by atoms with van der Waals surface area (Å²) >= 11 is 0. The van der Waals surface area contributed by atoms with Gasteiger partial charge in [0.1, 0.15) is 6.42 Å². The normalized spacial score (nSPS) is 26.1. The Balaban J connectivity index is 1.71. The lowest BCUT2D eigenvalue weighted by Gasteiger charge is -2.27. The van der Waals surface area contributed by atoms with E-state index >= 15 is 0 Å². The molecule has 8 heteroatoms. The molecule has 5 atom stereocenters. The second-order valence-electron chi connectivity index (χ2n) is 8.29. The van der Waals surface area contributed by atoms with Gasteiger partial charge >= 0.3 is 5.97 Å². The van der Waals surface area contributed by atoms with Crippen molar-refractivity contribution in [2.75, 3.05) is 13.1 Å². The van der Waals surface area contributed by atoms with Crippen LogP contribution in [0.2, 0.25) is 0 Å². The number of nitrogens with one attached hydrogen (secondary N) is 2. The lowest BCUT2D eigenvalue weighted by atomic mass is 9.77. The number of carboxylic acid groups (broad SMARTS) is 1. The molecule has 0 spiro atoms. The Morgan fingerprint density at radius 2 is 1.77 bits per heavy atom. The van der Waals surface area contributed by atoms with Gasteiger partial charge in [0, 0.05) is 19.0 Å². The molecule has 0 radical (unpaired) electrons. The van der Waals surface area contributed by atoms with E-state index in [0.29, 0.717) is 25.4 Å². The molecule has 0 aromatic heterocycles. The van der Waals surface area contributed by atoms with Crippen LogP contribution in [0.15, 0.2) is 12.2 Å². The number of hydrogen-bond donors (Lipinski definition) is 4. The number of rotatable bonds is 14. The predicted molar refractivity (Wildman–Crippen MR) is 112 cm³/mol. The molecule has 2 fully saturated rings. The predicted octanol–water partition coefficient (Wildman–Crippen LogP) is 1.76. The number of ether oxygens (including phenoxy) is 1. The van der Waals surface area contributed by atoms with Gasteiger partial charge in [0.2, 0.25) is 11.8 Å². The van der Waals surface area contributed by atoms with E-state index < -0.39 is 12.1 Å². The first kappa shape index (κ1) is 24.3. The van der Waals surface area contributed by atoms with Gasteiger partial charge in [-0.05, 0) is 44.4 Å². The maximum Gasteiger partial charge on any atom is 0.332 e. The molecule has 2 aliphatic heterocycles. The van der Waals surface area contributed by atoms with Gasteiger partial charge < -0.3 is 25.6 Å². The Bertz CT molecular complexity index is 608. The number of aliphatic hydroxyl groups excluding tert-OH is 1. The number of aliphatic hydroxyl groups is 1. The van der Waals surface area contributed by atoms with Crippen LogP contribution in [0, 0.1) is 11.8 Å². The monoisotopic (exact) mass is 424 g/mol. The van der Waals surface area contributed by atoms with Crippen molar-refractivity contribution in [1.82, 2.24) is 10.6 Å². The smallest absolute Gasteiger partial charge is 0.332 e. The Kier molecular flexibility index (Phi) is 10.3. The van der Waals surface area contributed by atoms with Gasteiger partial charge in [0.05, 0.1) is 12.2 Å². The minimum atomic E-state index is -1.33. The second kappa shape index (κ2) is 12.7. The van der Waals surface area contributed by atoms with Crippen LogP contribution < -0.4 is 10.6 Å². The standard InChI is InChI=1S/C22H36N2O6/c1-2-3-7-12-23-20(26)13-21(27)24-14-16-15(18-10-11-19(16)30-18)8-5-4-6-9-17(25)22(28)29/h4-5,15-19,25H,2-3,6-14H2,1H3,(H,23,26)(H,24,27)(H,28,29)/t15?,16-,17+,18+,19-/m0/s1. The van der Waals surface area contributed by atoms with Crippen molar-refractivity contribution in [3.05, 3.63) is 12.2 Å². The van der Waals surface area contributed by atoms with Gasteiger partial charge in [-0.1, -0.05) is 31.9 Å². The number of hydrogen-bond acceptors (Lipinski definition) is 5. The summed E-state index contributed by atoms with van der Waals surface area (Å²) in [5.41, 5.74) is 0. The number of unbranched alkanes of at least 4 members (excludes halogenated alkanes) is 2. The van der Waals surface area contributed by atoms with Crippen molar-refractivity contribution in [3.63, 3.8) is 0 Å². The molecule has 30 heavy (non-hydrogen) atoms. The minimum absolute atomic E-state index is 0.144. The highest BCUT2D eigenvalue weighted by Gasteiger charge is 2.47. The highest BCUT2D eigenvalue weighted by atomic mass is 16.5. The number of carbonyl (C=O) groups is 3. The minimum Gasteiger partial charge on any atom is -0.479 e. The van der Waals surface area contributed by atoms with Crippen LogP contribution in [0.25, 0.3) is 0 Å². The van der Waals surface area contributed by atoms with Gasteiger partial charge in [-0.15, -0.1) is 0 Å². The summed E-state index contributed by atoms with van der Waals surface area (Å²) < 4.78 is 6.03. The first-order valence-electron chi connectivity index (χ1n) is 11.2. The largest absolute Gasteiger partial charge is 0.479 e. The van der Waals surface area contributed by atoms with E-state index in [1.165, 1.54) is 0 Å². The van der Waals surface area contributed by atoms with Crippen LogP contribution in [0.1, 0.15) is 64.7 Å². The number of carboxylic acids is 1. The number of aliphatic carboxylic acids is 1. The van der Waals surface area contributed by atoms with Crippen molar-refractivity contribution in [2.45, 2.75) is 83.0 Å². The zero-order valence-corrected chi connectivity index (χ0v) is 17.8. The molecule has 0 aromatic carbocycles. The molecule has 170 valence electrons. The van der Waals surface area contributed by atoms with E-state index in [-0.39, 0.29) is 42.8 Å². The number of amides is 2. The Hall–Kier alpha value is -1.93. The molecule has 1 unspecified atom stereocenters. The molecule has 2 aliphatic rings. The van der Waals surface area contributed by atoms with Crippen LogP contribution in [0.4, 0.5) is 0 Å². The number of allylic oxidation sites excluding steroid dienone is 2.